The summed E-state index contributed by atoms with van der Waals surface area (Å²) < 4.78 is 28.1. The molecule has 4 nitrogen and oxygen atoms in total. The molecule has 1 aromatic rings. The molecule has 0 spiro atoms. The topological polar surface area (TPSA) is 58.6 Å². The number of hydrogen-bond donors (Lipinski definition) is 2. The molecule has 0 aliphatic heterocycles. The van der Waals surface area contributed by atoms with Gasteiger partial charge in [-0.2, -0.15) is 8.78 Å². The van der Waals surface area contributed by atoms with Crippen molar-refractivity contribution in [3.63, 3.8) is 0 Å². The quantitative estimate of drug-likeness (QED) is 0.801. The van der Waals surface area contributed by atoms with Gasteiger partial charge in [0.05, 0.1) is 0 Å². The minimum atomic E-state index is -2.85. The van der Waals surface area contributed by atoms with E-state index in [4.69, 9.17) is 5.11 Å². The van der Waals surface area contributed by atoms with Gasteiger partial charge in [0.15, 0.2) is 0 Å². The van der Waals surface area contributed by atoms with Gasteiger partial charge in [0.2, 0.25) is 0 Å². The number of nitrogens with one attached hydrogen (secondary N) is 1. The molecule has 1 aromatic carbocycles. The van der Waals surface area contributed by atoms with E-state index in [1.54, 1.807) is 12.1 Å². The van der Waals surface area contributed by atoms with E-state index in [1.807, 2.05) is 13.8 Å². The predicted molar refractivity (Wildman–Crippen MR) is 66.2 cm³/mol. The second-order valence-corrected chi connectivity index (χ2v) is 4.46. The zero-order valence-corrected chi connectivity index (χ0v) is 10.8. The fourth-order valence-corrected chi connectivity index (χ4v) is 1.62. The molecular formula is C13H17F2NO3. The van der Waals surface area contributed by atoms with Crippen LogP contribution in [-0.2, 0) is 11.3 Å². The van der Waals surface area contributed by atoms with Gasteiger partial charge >= 0.3 is 12.6 Å². The number of hydrogen-bond acceptors (Lipinski definition) is 3. The molecule has 106 valence electrons. The van der Waals surface area contributed by atoms with Crippen LogP contribution >= 0.6 is 0 Å². The van der Waals surface area contributed by atoms with Crippen molar-refractivity contribution in [2.24, 2.45) is 5.92 Å². The summed E-state index contributed by atoms with van der Waals surface area (Å²) >= 11 is 0. The first-order valence-electron chi connectivity index (χ1n) is 5.90. The number of carboxylic acids is 1. The maximum Gasteiger partial charge on any atom is 0.387 e. The van der Waals surface area contributed by atoms with E-state index in [0.717, 1.165) is 5.56 Å². The summed E-state index contributed by atoms with van der Waals surface area (Å²) in [6.07, 6.45) is 0. The van der Waals surface area contributed by atoms with E-state index in [-0.39, 0.29) is 11.7 Å². The highest BCUT2D eigenvalue weighted by atomic mass is 19.3. The highest BCUT2D eigenvalue weighted by molar-refractivity contribution is 5.73. The summed E-state index contributed by atoms with van der Waals surface area (Å²) in [5, 5.41) is 11.9. The van der Waals surface area contributed by atoms with Gasteiger partial charge in [-0.1, -0.05) is 26.0 Å². The standard InChI is InChI=1S/C13H17F2NO3/c1-8(2)11(12(17)18)16-7-9-3-5-10(6-4-9)19-13(14)15/h3-6,8,11,13,16H,7H2,1-2H3,(H,17,18). The van der Waals surface area contributed by atoms with Crippen LogP contribution in [0, 0.1) is 5.92 Å². The molecule has 19 heavy (non-hydrogen) atoms. The average molecular weight is 273 g/mol. The minimum Gasteiger partial charge on any atom is -0.480 e. The first-order chi connectivity index (χ1) is 8.90. The number of rotatable bonds is 7. The molecule has 0 heterocycles. The lowest BCUT2D eigenvalue weighted by molar-refractivity contribution is -0.140. The van der Waals surface area contributed by atoms with Gasteiger partial charge in [0, 0.05) is 6.54 Å². The van der Waals surface area contributed by atoms with Crippen molar-refractivity contribution in [3.05, 3.63) is 29.8 Å². The molecule has 0 saturated carbocycles. The van der Waals surface area contributed by atoms with Crippen LogP contribution in [0.1, 0.15) is 19.4 Å². The van der Waals surface area contributed by atoms with Gasteiger partial charge < -0.3 is 15.2 Å². The monoisotopic (exact) mass is 273 g/mol. The molecule has 0 amide bonds. The Hall–Kier alpha value is -1.69. The van der Waals surface area contributed by atoms with Crippen molar-refractivity contribution in [3.8, 4) is 5.75 Å². The highest BCUT2D eigenvalue weighted by Crippen LogP contribution is 2.15. The van der Waals surface area contributed by atoms with Crippen molar-refractivity contribution in [2.45, 2.75) is 33.0 Å². The molecule has 0 saturated heterocycles. The van der Waals surface area contributed by atoms with E-state index >= 15 is 0 Å². The third-order valence-electron chi connectivity index (χ3n) is 2.61. The summed E-state index contributed by atoms with van der Waals surface area (Å²) in [7, 11) is 0. The van der Waals surface area contributed by atoms with Gasteiger partial charge in [0.25, 0.3) is 0 Å². The number of ether oxygens (including phenoxy) is 1. The zero-order valence-electron chi connectivity index (χ0n) is 10.8. The molecule has 1 unspecified atom stereocenters. The van der Waals surface area contributed by atoms with E-state index in [1.165, 1.54) is 12.1 Å². The fourth-order valence-electron chi connectivity index (χ4n) is 1.62. The van der Waals surface area contributed by atoms with Gasteiger partial charge in [-0.25, -0.2) is 0 Å². The molecule has 0 radical (unpaired) electrons. The Kier molecular flexibility index (Phi) is 5.69. The lowest BCUT2D eigenvalue weighted by Crippen LogP contribution is -2.40. The number of carbonyl (C=O) groups is 1. The van der Waals surface area contributed by atoms with Crippen molar-refractivity contribution in [1.82, 2.24) is 5.32 Å². The van der Waals surface area contributed by atoms with E-state index in [2.05, 4.69) is 10.1 Å². The van der Waals surface area contributed by atoms with Gasteiger partial charge in [0.1, 0.15) is 11.8 Å². The molecule has 1 atom stereocenters. The van der Waals surface area contributed by atoms with Crippen LogP contribution in [0.15, 0.2) is 24.3 Å². The van der Waals surface area contributed by atoms with Gasteiger partial charge in [-0.05, 0) is 23.6 Å². The Morgan fingerprint density at radius 3 is 2.32 bits per heavy atom. The van der Waals surface area contributed by atoms with Crippen LogP contribution in [-0.4, -0.2) is 23.7 Å². The molecule has 1 rings (SSSR count). The van der Waals surface area contributed by atoms with E-state index in [0.29, 0.717) is 6.54 Å². The maximum atomic E-state index is 12.0. The van der Waals surface area contributed by atoms with Gasteiger partial charge in [-0.3, -0.25) is 4.79 Å². The van der Waals surface area contributed by atoms with Gasteiger partial charge in [-0.15, -0.1) is 0 Å². The molecule has 0 aliphatic carbocycles. The van der Waals surface area contributed by atoms with Crippen molar-refractivity contribution in [2.75, 3.05) is 0 Å². The number of aliphatic carboxylic acids is 1. The third-order valence-corrected chi connectivity index (χ3v) is 2.61. The van der Waals surface area contributed by atoms with Crippen LogP contribution in [0.4, 0.5) is 8.78 Å². The first-order valence-corrected chi connectivity index (χ1v) is 5.90. The zero-order chi connectivity index (χ0) is 14.4. The van der Waals surface area contributed by atoms with Crippen LogP contribution in [0.5, 0.6) is 5.75 Å². The first kappa shape index (κ1) is 15.4. The van der Waals surface area contributed by atoms with E-state index < -0.39 is 18.6 Å². The molecule has 0 aliphatic rings. The summed E-state index contributed by atoms with van der Waals surface area (Å²) in [6, 6.07) is 5.44. The summed E-state index contributed by atoms with van der Waals surface area (Å²) in [5.41, 5.74) is 0.800. The lowest BCUT2D eigenvalue weighted by Gasteiger charge is -2.18. The number of carboxylic acid groups (broad SMARTS) is 1. The lowest BCUT2D eigenvalue weighted by atomic mass is 10.0. The molecule has 6 heteroatoms. The Morgan fingerprint density at radius 2 is 1.89 bits per heavy atom. The van der Waals surface area contributed by atoms with Crippen molar-refractivity contribution < 1.29 is 23.4 Å². The van der Waals surface area contributed by atoms with Crippen LogP contribution in [0.25, 0.3) is 0 Å². The Bertz CT molecular complexity index is 407. The molecular weight excluding hydrogens is 256 g/mol. The smallest absolute Gasteiger partial charge is 0.387 e. The number of benzene rings is 1. The van der Waals surface area contributed by atoms with Crippen LogP contribution in [0.3, 0.4) is 0 Å². The summed E-state index contributed by atoms with van der Waals surface area (Å²) in [4.78, 5) is 11.0. The predicted octanol–water partition coefficient (Wildman–Crippen LogP) is 2.49. The molecule has 0 bridgehead atoms. The average Bonchev–Trinajstić information content (AvgIpc) is 2.29. The number of alkyl halides is 2. The maximum absolute atomic E-state index is 12.0. The highest BCUT2D eigenvalue weighted by Gasteiger charge is 2.20. The fraction of sp³-hybridized carbons (Fsp3) is 0.462. The molecule has 0 aromatic heterocycles. The van der Waals surface area contributed by atoms with Crippen molar-refractivity contribution >= 4 is 5.97 Å². The summed E-state index contributed by atoms with van der Waals surface area (Å²) in [6.45, 7) is 1.13. The molecule has 0 fully saturated rings. The normalized spacial score (nSPS) is 12.7. The van der Waals surface area contributed by atoms with Crippen LogP contribution < -0.4 is 10.1 Å². The second kappa shape index (κ2) is 7.04. The third kappa shape index (κ3) is 5.21. The Labute approximate surface area is 110 Å². The minimum absolute atomic E-state index is 0.0426. The van der Waals surface area contributed by atoms with Crippen molar-refractivity contribution in [1.29, 1.82) is 0 Å². The molecule has 2 N–H and O–H groups in total. The summed E-state index contributed by atoms with van der Waals surface area (Å²) in [5.74, 6) is -0.871. The second-order valence-electron chi connectivity index (χ2n) is 4.46. The Morgan fingerprint density at radius 1 is 1.32 bits per heavy atom. The SMILES string of the molecule is CC(C)C(NCc1ccc(OC(F)F)cc1)C(=O)O. The largest absolute Gasteiger partial charge is 0.480 e. The Balaban J connectivity index is 2.56. The van der Waals surface area contributed by atoms with E-state index in [9.17, 15) is 13.6 Å². The van der Waals surface area contributed by atoms with Crippen LogP contribution in [0.2, 0.25) is 0 Å². The number of halogens is 2.